The SMILES string of the molecule is [C-]#[N+]/C(C#N)=C\C=C\c1ccc(-c2sc(-c3ccc(/C=C/C=C(\C#N)[N+]#[C-])o3)c3c2CCC3)o1. The first-order valence-corrected chi connectivity index (χ1v) is 11.1. The summed E-state index contributed by atoms with van der Waals surface area (Å²) in [4.78, 5) is 8.42. The quantitative estimate of drug-likeness (QED) is 0.217. The van der Waals surface area contributed by atoms with E-state index in [0.717, 1.165) is 40.5 Å². The number of hydrogen-bond acceptors (Lipinski definition) is 5. The van der Waals surface area contributed by atoms with Crippen LogP contribution < -0.4 is 0 Å². The van der Waals surface area contributed by atoms with Gasteiger partial charge in [-0.25, -0.2) is 20.2 Å². The van der Waals surface area contributed by atoms with Crippen molar-refractivity contribution < 1.29 is 8.83 Å². The Morgan fingerprint density at radius 1 is 0.824 bits per heavy atom. The highest BCUT2D eigenvalue weighted by molar-refractivity contribution is 7.19. The van der Waals surface area contributed by atoms with Crippen molar-refractivity contribution in [3.8, 4) is 33.4 Å². The lowest BCUT2D eigenvalue weighted by Gasteiger charge is -1.96. The van der Waals surface area contributed by atoms with Gasteiger partial charge < -0.3 is 8.83 Å². The van der Waals surface area contributed by atoms with E-state index in [1.165, 1.54) is 23.3 Å². The number of furan rings is 2. The van der Waals surface area contributed by atoms with E-state index in [-0.39, 0.29) is 11.4 Å². The Labute approximate surface area is 200 Å². The fourth-order valence-corrected chi connectivity index (χ4v) is 4.99. The first-order valence-electron chi connectivity index (χ1n) is 10.3. The van der Waals surface area contributed by atoms with Gasteiger partial charge in [-0.3, -0.25) is 0 Å². The zero-order valence-electron chi connectivity index (χ0n) is 17.9. The lowest BCUT2D eigenvalue weighted by molar-refractivity contribution is 0.572. The Hall–Kier alpha value is -4.82. The molecule has 0 saturated heterocycles. The molecule has 0 unspecified atom stereocenters. The predicted octanol–water partition coefficient (Wildman–Crippen LogP) is 7.44. The number of hydrogen-bond donors (Lipinski definition) is 0. The van der Waals surface area contributed by atoms with Crippen LogP contribution in [-0.4, -0.2) is 0 Å². The van der Waals surface area contributed by atoms with Crippen LogP contribution in [0, 0.1) is 35.8 Å². The standard InChI is InChI=1S/C27H16N4O2S/c1-30-18(16-28)6-3-8-20-12-14-24(32-20)26-22-10-5-11-23(22)27(34-26)25-15-13-21(33-25)9-4-7-19(17-29)31-2/h3-4,6-9,12-15H,5,10-11H2/b8-3+,9-4+,18-6-,19-7+. The van der Waals surface area contributed by atoms with Gasteiger partial charge in [-0.1, -0.05) is 12.2 Å². The molecular weight excluding hydrogens is 444 g/mol. The highest BCUT2D eigenvalue weighted by atomic mass is 32.1. The smallest absolute Gasteiger partial charge is 0.261 e. The maximum absolute atomic E-state index is 8.82. The molecule has 0 N–H and O–H groups in total. The van der Waals surface area contributed by atoms with Crippen molar-refractivity contribution in [3.05, 3.63) is 105 Å². The lowest BCUT2D eigenvalue weighted by Crippen LogP contribution is -1.79. The third-order valence-electron chi connectivity index (χ3n) is 5.17. The fourth-order valence-electron chi connectivity index (χ4n) is 3.66. The van der Waals surface area contributed by atoms with Crippen LogP contribution in [0.1, 0.15) is 29.1 Å². The van der Waals surface area contributed by atoms with Gasteiger partial charge in [0.25, 0.3) is 11.4 Å². The van der Waals surface area contributed by atoms with Crippen LogP contribution in [0.3, 0.4) is 0 Å². The third-order valence-corrected chi connectivity index (χ3v) is 6.47. The van der Waals surface area contributed by atoms with E-state index in [1.54, 1.807) is 35.6 Å². The number of nitrogens with zero attached hydrogens (tertiary/aromatic N) is 4. The third kappa shape index (κ3) is 4.67. The summed E-state index contributed by atoms with van der Waals surface area (Å²) >= 11 is 1.64. The van der Waals surface area contributed by atoms with Crippen molar-refractivity contribution in [1.29, 1.82) is 10.5 Å². The van der Waals surface area contributed by atoms with Gasteiger partial charge in [0.2, 0.25) is 0 Å². The lowest BCUT2D eigenvalue weighted by atomic mass is 10.1. The Morgan fingerprint density at radius 2 is 1.29 bits per heavy atom. The van der Waals surface area contributed by atoms with Crippen molar-refractivity contribution in [2.24, 2.45) is 0 Å². The second-order valence-electron chi connectivity index (χ2n) is 7.24. The molecule has 0 radical (unpaired) electrons. The molecule has 4 rings (SSSR count). The van der Waals surface area contributed by atoms with Crippen molar-refractivity contribution >= 4 is 23.5 Å². The van der Waals surface area contributed by atoms with Crippen molar-refractivity contribution in [2.75, 3.05) is 0 Å². The van der Waals surface area contributed by atoms with Crippen LogP contribution in [0.2, 0.25) is 0 Å². The molecule has 1 aliphatic carbocycles. The fraction of sp³-hybridized carbons (Fsp3) is 0.111. The number of rotatable bonds is 6. The number of allylic oxidation sites excluding steroid dienone is 6. The molecule has 7 heteroatoms. The van der Waals surface area contributed by atoms with E-state index in [4.69, 9.17) is 32.5 Å². The summed E-state index contributed by atoms with van der Waals surface area (Å²) in [6.07, 6.45) is 12.7. The van der Waals surface area contributed by atoms with Crippen LogP contribution in [-0.2, 0) is 12.8 Å². The largest absolute Gasteiger partial charge is 0.456 e. The van der Waals surface area contributed by atoms with Gasteiger partial charge >= 0.3 is 0 Å². The number of fused-ring (bicyclic) bond motifs is 1. The molecule has 162 valence electrons. The molecule has 6 nitrogen and oxygen atoms in total. The van der Waals surface area contributed by atoms with Gasteiger partial charge in [0.05, 0.1) is 35.0 Å². The molecular formula is C27H16N4O2S. The minimum Gasteiger partial charge on any atom is -0.456 e. The molecule has 1 aliphatic rings. The maximum atomic E-state index is 8.82. The predicted molar refractivity (Wildman–Crippen MR) is 130 cm³/mol. The molecule has 0 bridgehead atoms. The molecule has 3 aromatic rings. The molecule has 3 aromatic heterocycles. The van der Waals surface area contributed by atoms with Crippen LogP contribution in [0.15, 0.2) is 68.8 Å². The van der Waals surface area contributed by atoms with Crippen molar-refractivity contribution in [2.45, 2.75) is 19.3 Å². The summed E-state index contributed by atoms with van der Waals surface area (Å²) in [6.45, 7) is 13.8. The van der Waals surface area contributed by atoms with E-state index >= 15 is 0 Å². The Balaban J connectivity index is 1.60. The monoisotopic (exact) mass is 460 g/mol. The normalized spacial score (nSPS) is 13.5. The molecule has 0 atom stereocenters. The molecule has 0 aromatic carbocycles. The van der Waals surface area contributed by atoms with Crippen LogP contribution in [0.25, 0.3) is 43.1 Å². The van der Waals surface area contributed by atoms with Gasteiger partial charge in [-0.15, -0.1) is 11.3 Å². The molecule has 3 heterocycles. The highest BCUT2D eigenvalue weighted by Gasteiger charge is 2.26. The molecule has 0 spiro atoms. The van der Waals surface area contributed by atoms with Crippen LogP contribution >= 0.6 is 11.3 Å². The van der Waals surface area contributed by atoms with Crippen molar-refractivity contribution in [3.63, 3.8) is 0 Å². The van der Waals surface area contributed by atoms with E-state index in [9.17, 15) is 0 Å². The van der Waals surface area contributed by atoms with Gasteiger partial charge in [-0.05, 0) is 79.0 Å². The number of thiophene rings is 1. The molecule has 0 fully saturated rings. The molecule has 0 amide bonds. The minimum atomic E-state index is 0.0179. The van der Waals surface area contributed by atoms with Gasteiger partial charge in [0.15, 0.2) is 0 Å². The van der Waals surface area contributed by atoms with Gasteiger partial charge in [0.1, 0.15) is 23.0 Å². The molecule has 0 aliphatic heterocycles. The van der Waals surface area contributed by atoms with E-state index < -0.39 is 0 Å². The average molecular weight is 461 g/mol. The molecule has 34 heavy (non-hydrogen) atoms. The first kappa shape index (κ1) is 22.4. The minimum absolute atomic E-state index is 0.0179. The average Bonchev–Trinajstić information content (AvgIpc) is 3.64. The van der Waals surface area contributed by atoms with E-state index in [2.05, 4.69) is 9.69 Å². The summed E-state index contributed by atoms with van der Waals surface area (Å²) in [7, 11) is 0. The Morgan fingerprint density at radius 3 is 1.71 bits per heavy atom. The second-order valence-corrected chi connectivity index (χ2v) is 8.26. The summed E-state index contributed by atoms with van der Waals surface area (Å²) < 4.78 is 12.1. The highest BCUT2D eigenvalue weighted by Crippen LogP contribution is 2.47. The summed E-state index contributed by atoms with van der Waals surface area (Å²) in [5.41, 5.74) is 2.61. The maximum Gasteiger partial charge on any atom is 0.261 e. The topological polar surface area (TPSA) is 82.6 Å². The van der Waals surface area contributed by atoms with E-state index in [1.807, 2.05) is 36.4 Å². The van der Waals surface area contributed by atoms with Gasteiger partial charge in [0, 0.05) is 0 Å². The Kier molecular flexibility index (Phi) is 6.71. The summed E-state index contributed by atoms with van der Waals surface area (Å²) in [5, 5.41) is 17.6. The summed E-state index contributed by atoms with van der Waals surface area (Å²) in [6, 6.07) is 11.3. The Bertz CT molecular complexity index is 1380. The summed E-state index contributed by atoms with van der Waals surface area (Å²) in [5.74, 6) is 2.85. The van der Waals surface area contributed by atoms with Crippen LogP contribution in [0.5, 0.6) is 0 Å². The molecule has 0 saturated carbocycles. The second kappa shape index (κ2) is 10.2. The van der Waals surface area contributed by atoms with Gasteiger partial charge in [-0.2, -0.15) is 0 Å². The van der Waals surface area contributed by atoms with Crippen molar-refractivity contribution in [1.82, 2.24) is 0 Å². The van der Waals surface area contributed by atoms with E-state index in [0.29, 0.717) is 11.5 Å². The zero-order valence-corrected chi connectivity index (χ0v) is 18.7. The zero-order chi connectivity index (χ0) is 23.9. The first-order chi connectivity index (χ1) is 16.7. The van der Waals surface area contributed by atoms with Crippen LogP contribution in [0.4, 0.5) is 0 Å². The number of nitriles is 2.